The van der Waals surface area contributed by atoms with E-state index in [0.29, 0.717) is 10.0 Å². The molecule has 0 saturated carbocycles. The van der Waals surface area contributed by atoms with E-state index in [0.717, 1.165) is 5.56 Å². The molecule has 0 N–H and O–H groups in total. The molecule has 1 rings (SSSR count). The van der Waals surface area contributed by atoms with Crippen molar-refractivity contribution in [1.29, 1.82) is 0 Å². The number of halogens is 2. The first-order chi connectivity index (χ1) is 9.51. The minimum Gasteiger partial charge on any atom is -0.411 e. The fraction of sp³-hybridized carbons (Fsp3) is 0.625. The molecule has 0 bridgehead atoms. The Hall–Kier alpha value is -0.0631. The zero-order valence-electron chi connectivity index (χ0n) is 14.0. The lowest BCUT2D eigenvalue weighted by molar-refractivity contribution is 0.00306. The normalized spacial score (nSPS) is 15.9. The van der Waals surface area contributed by atoms with Gasteiger partial charge in [-0.05, 0) is 37.2 Å². The minimum absolute atomic E-state index is 0.117. The van der Waals surface area contributed by atoms with Crippen LogP contribution in [-0.4, -0.2) is 21.5 Å². The lowest BCUT2D eigenvalue weighted by Crippen LogP contribution is -2.44. The molecule has 120 valence electrons. The average molecular weight is 349 g/mol. The Bertz CT molecular complexity index is 463. The minimum atomic E-state index is -1.88. The Morgan fingerprint density at radius 2 is 1.57 bits per heavy atom. The van der Waals surface area contributed by atoms with Gasteiger partial charge in [0.25, 0.3) is 0 Å². The average Bonchev–Trinajstić information content (AvgIpc) is 2.31. The molecule has 0 aliphatic rings. The summed E-state index contributed by atoms with van der Waals surface area (Å²) in [5.74, 6) is 0. The van der Waals surface area contributed by atoms with Crippen molar-refractivity contribution in [2.24, 2.45) is 0 Å². The number of benzene rings is 1. The molecule has 1 aromatic carbocycles. The van der Waals surface area contributed by atoms with Crippen LogP contribution >= 0.6 is 23.2 Å². The van der Waals surface area contributed by atoms with Crippen LogP contribution < -0.4 is 0 Å². The maximum Gasteiger partial charge on any atom is 0.192 e. The van der Waals surface area contributed by atoms with E-state index in [2.05, 4.69) is 33.9 Å². The van der Waals surface area contributed by atoms with Crippen LogP contribution in [0.1, 0.15) is 39.4 Å². The van der Waals surface area contributed by atoms with Crippen molar-refractivity contribution in [2.45, 2.75) is 58.0 Å². The topological polar surface area (TPSA) is 18.5 Å². The zero-order chi connectivity index (χ0) is 16.4. The van der Waals surface area contributed by atoms with Gasteiger partial charge in [-0.2, -0.15) is 0 Å². The van der Waals surface area contributed by atoms with Crippen LogP contribution in [0.3, 0.4) is 0 Å². The summed E-state index contributed by atoms with van der Waals surface area (Å²) in [4.78, 5) is 0. The number of hydrogen-bond acceptors (Lipinski definition) is 2. The largest absolute Gasteiger partial charge is 0.411 e. The Morgan fingerprint density at radius 1 is 1.10 bits per heavy atom. The summed E-state index contributed by atoms with van der Waals surface area (Å²) in [7, 11) is -0.218. The van der Waals surface area contributed by atoms with Gasteiger partial charge in [-0.3, -0.25) is 0 Å². The molecule has 2 unspecified atom stereocenters. The van der Waals surface area contributed by atoms with Crippen LogP contribution in [0.5, 0.6) is 0 Å². The van der Waals surface area contributed by atoms with Gasteiger partial charge in [0, 0.05) is 22.7 Å². The van der Waals surface area contributed by atoms with Gasteiger partial charge < -0.3 is 9.16 Å². The van der Waals surface area contributed by atoms with Crippen molar-refractivity contribution in [3.05, 3.63) is 33.8 Å². The molecule has 2 atom stereocenters. The predicted molar refractivity (Wildman–Crippen MR) is 94.0 cm³/mol. The fourth-order valence-electron chi connectivity index (χ4n) is 2.03. The number of methoxy groups -OCH3 is 1. The molecule has 0 spiro atoms. The van der Waals surface area contributed by atoms with Crippen molar-refractivity contribution in [2.75, 3.05) is 7.11 Å². The molecule has 0 fully saturated rings. The molecule has 0 aromatic heterocycles. The molecular weight excluding hydrogens is 323 g/mol. The smallest absolute Gasteiger partial charge is 0.192 e. The second-order valence-electron chi connectivity index (χ2n) is 6.87. The molecule has 0 heterocycles. The fourth-order valence-corrected chi connectivity index (χ4v) is 4.05. The second kappa shape index (κ2) is 7.01. The third-order valence-electron chi connectivity index (χ3n) is 4.25. The van der Waals surface area contributed by atoms with Gasteiger partial charge in [-0.1, -0.05) is 50.0 Å². The lowest BCUT2D eigenvalue weighted by Gasteiger charge is -2.40. The Labute approximate surface area is 139 Å². The summed E-state index contributed by atoms with van der Waals surface area (Å²) in [6, 6.07) is 5.49. The standard InChI is InChI=1S/C16H26Cl2O2Si/c1-11(20-21(6,7)16(2,3)4)15(19-5)14-12(17)9-8-10-13(14)18/h8-11,15H,1-7H3. The van der Waals surface area contributed by atoms with Crippen molar-refractivity contribution < 1.29 is 9.16 Å². The van der Waals surface area contributed by atoms with Crippen LogP contribution in [0.4, 0.5) is 0 Å². The first-order valence-electron chi connectivity index (χ1n) is 7.16. The summed E-state index contributed by atoms with van der Waals surface area (Å²) in [5.41, 5.74) is 0.801. The summed E-state index contributed by atoms with van der Waals surface area (Å²) in [5, 5.41) is 1.36. The maximum atomic E-state index is 6.42. The van der Waals surface area contributed by atoms with Gasteiger partial charge >= 0.3 is 0 Å². The third kappa shape index (κ3) is 4.46. The van der Waals surface area contributed by atoms with Crippen LogP contribution in [-0.2, 0) is 9.16 Å². The number of hydrogen-bond donors (Lipinski definition) is 0. The first kappa shape index (κ1) is 19.0. The highest BCUT2D eigenvalue weighted by Crippen LogP contribution is 2.41. The molecule has 1 aromatic rings. The molecule has 5 heteroatoms. The molecular formula is C16H26Cl2O2Si. The lowest BCUT2D eigenvalue weighted by atomic mass is 10.1. The van der Waals surface area contributed by atoms with Crippen molar-refractivity contribution in [3.8, 4) is 0 Å². The van der Waals surface area contributed by atoms with E-state index in [4.69, 9.17) is 32.4 Å². The van der Waals surface area contributed by atoms with Gasteiger partial charge in [-0.15, -0.1) is 0 Å². The predicted octanol–water partition coefficient (Wildman–Crippen LogP) is 6.09. The van der Waals surface area contributed by atoms with Gasteiger partial charge in [0.1, 0.15) is 6.10 Å². The Balaban J connectivity index is 3.06. The van der Waals surface area contributed by atoms with Crippen molar-refractivity contribution in [1.82, 2.24) is 0 Å². The Morgan fingerprint density at radius 3 is 1.95 bits per heavy atom. The van der Waals surface area contributed by atoms with E-state index in [9.17, 15) is 0 Å². The molecule has 0 amide bonds. The van der Waals surface area contributed by atoms with Crippen LogP contribution in [0.25, 0.3) is 0 Å². The molecule has 0 radical (unpaired) electrons. The quantitative estimate of drug-likeness (QED) is 0.599. The van der Waals surface area contributed by atoms with Crippen LogP contribution in [0, 0.1) is 0 Å². The van der Waals surface area contributed by atoms with E-state index in [1.54, 1.807) is 7.11 Å². The van der Waals surface area contributed by atoms with Crippen LogP contribution in [0.15, 0.2) is 18.2 Å². The highest BCUT2D eigenvalue weighted by atomic mass is 35.5. The molecule has 0 aliphatic carbocycles. The van der Waals surface area contributed by atoms with Crippen molar-refractivity contribution in [3.63, 3.8) is 0 Å². The molecule has 2 nitrogen and oxygen atoms in total. The number of rotatable bonds is 5. The number of ether oxygens (including phenoxy) is 1. The van der Waals surface area contributed by atoms with E-state index in [1.165, 1.54) is 0 Å². The third-order valence-corrected chi connectivity index (χ3v) is 9.48. The summed E-state index contributed by atoms with van der Waals surface area (Å²) in [6.45, 7) is 13.1. The maximum absolute atomic E-state index is 6.42. The van der Waals surface area contributed by atoms with Crippen molar-refractivity contribution >= 4 is 31.5 Å². The summed E-state index contributed by atoms with van der Waals surface area (Å²) < 4.78 is 12.1. The zero-order valence-corrected chi connectivity index (χ0v) is 16.5. The van der Waals surface area contributed by atoms with E-state index in [-0.39, 0.29) is 17.2 Å². The molecule has 21 heavy (non-hydrogen) atoms. The van der Waals surface area contributed by atoms with E-state index in [1.807, 2.05) is 25.1 Å². The van der Waals surface area contributed by atoms with E-state index >= 15 is 0 Å². The molecule has 0 aliphatic heterocycles. The van der Waals surface area contributed by atoms with Gasteiger partial charge in [-0.25, -0.2) is 0 Å². The van der Waals surface area contributed by atoms with E-state index < -0.39 is 8.32 Å². The van der Waals surface area contributed by atoms with Gasteiger partial charge in [0.2, 0.25) is 0 Å². The first-order valence-corrected chi connectivity index (χ1v) is 10.8. The van der Waals surface area contributed by atoms with Gasteiger partial charge in [0.15, 0.2) is 8.32 Å². The highest BCUT2D eigenvalue weighted by Gasteiger charge is 2.40. The monoisotopic (exact) mass is 348 g/mol. The van der Waals surface area contributed by atoms with Gasteiger partial charge in [0.05, 0.1) is 6.10 Å². The summed E-state index contributed by atoms with van der Waals surface area (Å²) in [6.07, 6.45) is -0.395. The Kier molecular flexibility index (Phi) is 6.34. The summed E-state index contributed by atoms with van der Waals surface area (Å²) >= 11 is 12.6. The molecule has 0 saturated heterocycles. The van der Waals surface area contributed by atoms with Crippen LogP contribution in [0.2, 0.25) is 28.2 Å². The SMILES string of the molecule is COC(c1c(Cl)cccc1Cl)C(C)O[Si](C)(C)C(C)(C)C. The highest BCUT2D eigenvalue weighted by molar-refractivity contribution is 6.74. The second-order valence-corrected chi connectivity index (χ2v) is 12.4.